The lowest BCUT2D eigenvalue weighted by atomic mass is 9.99. The van der Waals surface area contributed by atoms with Crippen LogP contribution in [0.4, 0.5) is 0 Å². The third-order valence-corrected chi connectivity index (χ3v) is 8.46. The molecule has 5 nitrogen and oxygen atoms in total. The lowest BCUT2D eigenvalue weighted by molar-refractivity contribution is 0.633. The molecule has 0 unspecified atom stereocenters. The lowest BCUT2D eigenvalue weighted by Crippen LogP contribution is -2.01. The van der Waals surface area contributed by atoms with Crippen molar-refractivity contribution in [1.29, 1.82) is 0 Å². The summed E-state index contributed by atoms with van der Waals surface area (Å²) >= 11 is 6.24. The van der Waals surface area contributed by atoms with Crippen molar-refractivity contribution >= 4 is 55.5 Å². The fourth-order valence-corrected chi connectivity index (χ4v) is 6.23. The number of halogens is 1. The van der Waals surface area contributed by atoms with Gasteiger partial charge >= 0.3 is 0 Å². The monoisotopic (exact) mass is 599 g/mol. The predicted octanol–water partition coefficient (Wildman–Crippen LogP) is 11.0. The molecular formula is C39H22ClN3O2. The molecule has 6 heteroatoms. The van der Waals surface area contributed by atoms with Gasteiger partial charge in [-0.05, 0) is 47.5 Å². The molecule has 3 heterocycles. The molecule has 9 aromatic rings. The van der Waals surface area contributed by atoms with Gasteiger partial charge in [0.2, 0.25) is 0 Å². The van der Waals surface area contributed by atoms with Crippen LogP contribution in [0.25, 0.3) is 89.2 Å². The molecule has 212 valence electrons. The molecule has 9 rings (SSSR count). The Morgan fingerprint density at radius 1 is 0.400 bits per heavy atom. The summed E-state index contributed by atoms with van der Waals surface area (Å²) in [5, 5.41) is 4.58. The average Bonchev–Trinajstić information content (AvgIpc) is 3.66. The standard InChI is InChI=1S/C39H22ClN3O2/c40-26-16-18-29-31-20-19-30-28-17-15-25(21-33(28)44-35(30)36(31)45-34(29)22-26)38-41-37(24-11-5-2-6-12-24)42-39(43-38)32-14-8-7-13-27(32)23-9-3-1-4-10-23/h1-22H. The number of fused-ring (bicyclic) bond motifs is 7. The highest BCUT2D eigenvalue weighted by Gasteiger charge is 2.19. The fourth-order valence-electron chi connectivity index (χ4n) is 6.07. The molecule has 0 radical (unpaired) electrons. The lowest BCUT2D eigenvalue weighted by Gasteiger charge is -2.12. The molecule has 0 amide bonds. The minimum Gasteiger partial charge on any atom is -0.452 e. The van der Waals surface area contributed by atoms with E-state index in [1.807, 2.05) is 91.0 Å². The zero-order valence-electron chi connectivity index (χ0n) is 23.7. The first-order chi connectivity index (χ1) is 22.2. The number of benzene rings is 6. The number of hydrogen-bond donors (Lipinski definition) is 0. The Hall–Kier alpha value is -5.78. The number of hydrogen-bond acceptors (Lipinski definition) is 5. The van der Waals surface area contributed by atoms with Crippen LogP contribution in [0.15, 0.2) is 142 Å². The second-order valence-corrected chi connectivity index (χ2v) is 11.4. The summed E-state index contributed by atoms with van der Waals surface area (Å²) in [5.74, 6) is 1.77. The van der Waals surface area contributed by atoms with E-state index in [1.54, 1.807) is 0 Å². The van der Waals surface area contributed by atoms with E-state index in [4.69, 9.17) is 35.4 Å². The summed E-state index contributed by atoms with van der Waals surface area (Å²) in [7, 11) is 0. The Labute approximate surface area is 262 Å². The molecule has 0 aliphatic rings. The van der Waals surface area contributed by atoms with Gasteiger partial charge in [0.25, 0.3) is 0 Å². The maximum atomic E-state index is 6.50. The fraction of sp³-hybridized carbons (Fsp3) is 0. The van der Waals surface area contributed by atoms with Crippen LogP contribution in [0, 0.1) is 0 Å². The van der Waals surface area contributed by atoms with Crippen molar-refractivity contribution < 1.29 is 8.83 Å². The van der Waals surface area contributed by atoms with E-state index in [-0.39, 0.29) is 0 Å². The Balaban J connectivity index is 1.24. The second kappa shape index (κ2) is 10.2. The minimum absolute atomic E-state index is 0.563. The molecule has 0 saturated heterocycles. The van der Waals surface area contributed by atoms with Gasteiger partial charge in [0.1, 0.15) is 11.2 Å². The largest absolute Gasteiger partial charge is 0.452 e. The SMILES string of the molecule is Clc1ccc2c(c1)oc1c2ccc2c3ccc(-c4nc(-c5ccccc5)nc(-c5ccccc5-c5ccccc5)n4)cc3oc21. The maximum absolute atomic E-state index is 6.50. The van der Waals surface area contributed by atoms with Crippen molar-refractivity contribution in [2.75, 3.05) is 0 Å². The summed E-state index contributed by atoms with van der Waals surface area (Å²) in [6.07, 6.45) is 0. The van der Waals surface area contributed by atoms with E-state index in [2.05, 4.69) is 42.5 Å². The molecule has 0 fully saturated rings. The summed E-state index contributed by atoms with van der Waals surface area (Å²) in [4.78, 5) is 15.0. The van der Waals surface area contributed by atoms with Crippen molar-refractivity contribution in [3.63, 3.8) is 0 Å². The summed E-state index contributed by atoms with van der Waals surface area (Å²) in [6.45, 7) is 0. The summed E-state index contributed by atoms with van der Waals surface area (Å²) in [5.41, 5.74) is 7.68. The van der Waals surface area contributed by atoms with E-state index in [9.17, 15) is 0 Å². The van der Waals surface area contributed by atoms with Gasteiger partial charge in [-0.2, -0.15) is 0 Å². The van der Waals surface area contributed by atoms with Crippen LogP contribution in [0.2, 0.25) is 5.02 Å². The van der Waals surface area contributed by atoms with E-state index >= 15 is 0 Å². The van der Waals surface area contributed by atoms with Gasteiger partial charge in [0.05, 0.1) is 0 Å². The molecule has 0 N–H and O–H groups in total. The second-order valence-electron chi connectivity index (χ2n) is 11.0. The molecule has 0 aliphatic heterocycles. The Morgan fingerprint density at radius 2 is 0.911 bits per heavy atom. The maximum Gasteiger partial charge on any atom is 0.178 e. The van der Waals surface area contributed by atoms with E-state index in [0.717, 1.165) is 60.5 Å². The van der Waals surface area contributed by atoms with Gasteiger partial charge in [-0.1, -0.05) is 103 Å². The first-order valence-electron chi connectivity index (χ1n) is 14.6. The van der Waals surface area contributed by atoms with Crippen molar-refractivity contribution in [1.82, 2.24) is 15.0 Å². The van der Waals surface area contributed by atoms with Crippen molar-refractivity contribution in [3.05, 3.63) is 138 Å². The third kappa shape index (κ3) is 4.28. The van der Waals surface area contributed by atoms with E-state index in [0.29, 0.717) is 33.7 Å². The molecule has 3 aromatic heterocycles. The Morgan fingerprint density at radius 3 is 1.60 bits per heavy atom. The minimum atomic E-state index is 0.563. The van der Waals surface area contributed by atoms with Crippen molar-refractivity contribution in [2.45, 2.75) is 0 Å². The smallest absolute Gasteiger partial charge is 0.178 e. The topological polar surface area (TPSA) is 65.0 Å². The van der Waals surface area contributed by atoms with Gasteiger partial charge in [-0.3, -0.25) is 0 Å². The zero-order valence-corrected chi connectivity index (χ0v) is 24.5. The summed E-state index contributed by atoms with van der Waals surface area (Å²) in [6, 6.07) is 44.5. The van der Waals surface area contributed by atoms with Gasteiger partial charge in [-0.15, -0.1) is 0 Å². The predicted molar refractivity (Wildman–Crippen MR) is 181 cm³/mol. The molecule has 6 aromatic carbocycles. The highest BCUT2D eigenvalue weighted by molar-refractivity contribution is 6.31. The number of nitrogens with zero attached hydrogens (tertiary/aromatic N) is 3. The zero-order chi connectivity index (χ0) is 29.9. The molecule has 0 aliphatic carbocycles. The van der Waals surface area contributed by atoms with Gasteiger partial charge in [0.15, 0.2) is 28.6 Å². The Kier molecular flexibility index (Phi) is 5.80. The number of aromatic nitrogens is 3. The molecule has 0 spiro atoms. The normalized spacial score (nSPS) is 11.7. The van der Waals surface area contributed by atoms with Gasteiger partial charge < -0.3 is 8.83 Å². The van der Waals surface area contributed by atoms with Crippen LogP contribution >= 0.6 is 11.6 Å². The van der Waals surface area contributed by atoms with Gasteiger partial charge in [0, 0.05) is 49.3 Å². The van der Waals surface area contributed by atoms with Crippen LogP contribution in [-0.2, 0) is 0 Å². The van der Waals surface area contributed by atoms with Crippen LogP contribution in [0.5, 0.6) is 0 Å². The van der Waals surface area contributed by atoms with Crippen LogP contribution < -0.4 is 0 Å². The first kappa shape index (κ1) is 25.7. The molecule has 45 heavy (non-hydrogen) atoms. The number of rotatable bonds is 4. The van der Waals surface area contributed by atoms with Crippen LogP contribution in [0.1, 0.15) is 0 Å². The molecule has 0 saturated carbocycles. The molecule has 0 atom stereocenters. The quantitative estimate of drug-likeness (QED) is 0.201. The third-order valence-electron chi connectivity index (χ3n) is 8.22. The molecule has 0 bridgehead atoms. The first-order valence-corrected chi connectivity index (χ1v) is 15.0. The van der Waals surface area contributed by atoms with E-state index < -0.39 is 0 Å². The summed E-state index contributed by atoms with van der Waals surface area (Å²) < 4.78 is 12.8. The van der Waals surface area contributed by atoms with Crippen LogP contribution in [0.3, 0.4) is 0 Å². The average molecular weight is 600 g/mol. The van der Waals surface area contributed by atoms with E-state index in [1.165, 1.54) is 0 Å². The highest BCUT2D eigenvalue weighted by atomic mass is 35.5. The van der Waals surface area contributed by atoms with Crippen molar-refractivity contribution in [3.8, 4) is 45.3 Å². The van der Waals surface area contributed by atoms with Crippen LogP contribution in [-0.4, -0.2) is 15.0 Å². The Bertz CT molecular complexity index is 2550. The van der Waals surface area contributed by atoms with Gasteiger partial charge in [-0.25, -0.2) is 15.0 Å². The highest BCUT2D eigenvalue weighted by Crippen LogP contribution is 2.40. The number of furan rings is 2. The molecular weight excluding hydrogens is 578 g/mol. The van der Waals surface area contributed by atoms with Crippen molar-refractivity contribution in [2.24, 2.45) is 0 Å².